The highest BCUT2D eigenvalue weighted by Gasteiger charge is 2.00. The summed E-state index contributed by atoms with van der Waals surface area (Å²) in [5.41, 5.74) is 0.861. The zero-order valence-corrected chi connectivity index (χ0v) is 6.84. The van der Waals surface area contributed by atoms with Gasteiger partial charge in [0.2, 0.25) is 0 Å². The number of benzene rings is 1. The van der Waals surface area contributed by atoms with Gasteiger partial charge in [-0.1, -0.05) is 30.3 Å². The van der Waals surface area contributed by atoms with E-state index in [1.165, 1.54) is 12.3 Å². The van der Waals surface area contributed by atoms with E-state index in [2.05, 4.69) is 9.97 Å². The van der Waals surface area contributed by atoms with E-state index in [4.69, 9.17) is 0 Å². The van der Waals surface area contributed by atoms with Crippen LogP contribution in [0.5, 0.6) is 5.88 Å². The Bertz CT molecular complexity index is 401. The number of rotatable bonds is 1. The van der Waals surface area contributed by atoms with Crippen molar-refractivity contribution in [3.05, 3.63) is 42.6 Å². The lowest BCUT2D eigenvalue weighted by Gasteiger charge is -1.97. The molecule has 0 unspecified atom stereocenters. The monoisotopic (exact) mass is 171 g/mol. The maximum absolute atomic E-state index is 10.9. The van der Waals surface area contributed by atoms with Gasteiger partial charge in [-0.2, -0.15) is 4.98 Å². The Balaban J connectivity index is 2.48. The predicted molar refractivity (Wildman–Crippen MR) is 47.6 cm³/mol. The molecular weight excluding hydrogens is 164 g/mol. The average molecular weight is 171 g/mol. The molecule has 63 valence electrons. The van der Waals surface area contributed by atoms with Crippen molar-refractivity contribution >= 4 is 0 Å². The fourth-order valence-electron chi connectivity index (χ4n) is 1.07. The van der Waals surface area contributed by atoms with Crippen molar-refractivity contribution in [1.29, 1.82) is 0 Å². The van der Waals surface area contributed by atoms with Crippen LogP contribution >= 0.6 is 0 Å². The second kappa shape index (κ2) is 3.23. The molecule has 0 amide bonds. The van der Waals surface area contributed by atoms with Gasteiger partial charge in [-0.3, -0.25) is 5.11 Å². The molecule has 0 bridgehead atoms. The molecule has 3 heteroatoms. The van der Waals surface area contributed by atoms with E-state index in [1.807, 2.05) is 30.3 Å². The maximum atomic E-state index is 10.9. The van der Waals surface area contributed by atoms with Crippen molar-refractivity contribution in [3.8, 4) is 17.3 Å². The van der Waals surface area contributed by atoms with Crippen molar-refractivity contribution in [3.63, 3.8) is 0 Å². The number of hydrogen-bond donors (Lipinski definition) is 0. The number of aromatic nitrogens is 2. The van der Waals surface area contributed by atoms with Crippen LogP contribution < -0.4 is 0 Å². The van der Waals surface area contributed by atoms with Crippen molar-refractivity contribution < 1.29 is 5.11 Å². The standard InChI is InChI=1S/C10H7N2O/c13-9-6-7-11-10(12-9)8-4-2-1-3-5-8/h1-7H. The third-order valence-electron chi connectivity index (χ3n) is 1.66. The molecule has 2 aromatic rings. The minimum Gasteiger partial charge on any atom is -0.267 e. The van der Waals surface area contributed by atoms with Crippen LogP contribution in [0.25, 0.3) is 11.4 Å². The van der Waals surface area contributed by atoms with Gasteiger partial charge in [-0.05, 0) is 0 Å². The van der Waals surface area contributed by atoms with Crippen molar-refractivity contribution in [2.45, 2.75) is 0 Å². The molecule has 0 N–H and O–H groups in total. The molecule has 1 radical (unpaired) electrons. The lowest BCUT2D eigenvalue weighted by molar-refractivity contribution is 0.337. The molecular formula is C10H7N2O. The van der Waals surface area contributed by atoms with E-state index in [0.717, 1.165) is 5.56 Å². The normalized spacial score (nSPS) is 9.85. The van der Waals surface area contributed by atoms with Crippen molar-refractivity contribution in [2.24, 2.45) is 0 Å². The van der Waals surface area contributed by atoms with Gasteiger partial charge in [0, 0.05) is 17.8 Å². The molecule has 1 aromatic carbocycles. The molecule has 0 aliphatic heterocycles. The van der Waals surface area contributed by atoms with E-state index in [-0.39, 0.29) is 5.88 Å². The summed E-state index contributed by atoms with van der Waals surface area (Å²) < 4.78 is 0. The Hall–Kier alpha value is -1.90. The van der Waals surface area contributed by atoms with Crippen LogP contribution in [-0.4, -0.2) is 9.97 Å². The van der Waals surface area contributed by atoms with Gasteiger partial charge >= 0.3 is 0 Å². The van der Waals surface area contributed by atoms with Crippen LogP contribution in [0.15, 0.2) is 42.6 Å². The summed E-state index contributed by atoms with van der Waals surface area (Å²) in [6, 6.07) is 10.8. The van der Waals surface area contributed by atoms with Crippen LogP contribution in [0, 0.1) is 0 Å². The Morgan fingerprint density at radius 2 is 1.77 bits per heavy atom. The van der Waals surface area contributed by atoms with Crippen LogP contribution in [0.4, 0.5) is 0 Å². The zero-order valence-electron chi connectivity index (χ0n) is 6.84. The Labute approximate surface area is 75.7 Å². The molecule has 0 saturated carbocycles. The fraction of sp³-hybridized carbons (Fsp3) is 0. The summed E-state index contributed by atoms with van der Waals surface area (Å²) in [5, 5.41) is 10.9. The lowest BCUT2D eigenvalue weighted by Crippen LogP contribution is -1.86. The highest BCUT2D eigenvalue weighted by Crippen LogP contribution is 2.15. The van der Waals surface area contributed by atoms with Crippen LogP contribution in [-0.2, 0) is 5.11 Å². The lowest BCUT2D eigenvalue weighted by atomic mass is 10.2. The number of nitrogens with zero attached hydrogens (tertiary/aromatic N) is 2. The summed E-state index contributed by atoms with van der Waals surface area (Å²) >= 11 is 0. The van der Waals surface area contributed by atoms with Gasteiger partial charge in [0.1, 0.15) is 0 Å². The average Bonchev–Trinajstić information content (AvgIpc) is 2.19. The van der Waals surface area contributed by atoms with Crippen LogP contribution in [0.1, 0.15) is 0 Å². The highest BCUT2D eigenvalue weighted by molar-refractivity contribution is 5.54. The second-order valence-electron chi connectivity index (χ2n) is 2.58. The summed E-state index contributed by atoms with van der Waals surface area (Å²) in [6.45, 7) is 0. The minimum atomic E-state index is -0.256. The van der Waals surface area contributed by atoms with E-state index in [0.29, 0.717) is 5.82 Å². The summed E-state index contributed by atoms with van der Waals surface area (Å²) in [5.74, 6) is 0.224. The molecule has 3 nitrogen and oxygen atoms in total. The van der Waals surface area contributed by atoms with E-state index < -0.39 is 0 Å². The van der Waals surface area contributed by atoms with Gasteiger partial charge in [0.25, 0.3) is 5.88 Å². The first-order valence-corrected chi connectivity index (χ1v) is 3.92. The summed E-state index contributed by atoms with van der Waals surface area (Å²) in [7, 11) is 0. The highest BCUT2D eigenvalue weighted by atomic mass is 16.3. The van der Waals surface area contributed by atoms with E-state index in [1.54, 1.807) is 0 Å². The third-order valence-corrected chi connectivity index (χ3v) is 1.66. The van der Waals surface area contributed by atoms with Gasteiger partial charge < -0.3 is 0 Å². The summed E-state index contributed by atoms with van der Waals surface area (Å²) in [4.78, 5) is 7.78. The quantitative estimate of drug-likeness (QED) is 0.660. The molecule has 0 fully saturated rings. The zero-order chi connectivity index (χ0) is 9.10. The topological polar surface area (TPSA) is 45.7 Å². The molecule has 0 spiro atoms. The first-order chi connectivity index (χ1) is 6.36. The molecule has 1 aromatic heterocycles. The van der Waals surface area contributed by atoms with Gasteiger partial charge in [-0.25, -0.2) is 4.98 Å². The predicted octanol–water partition coefficient (Wildman–Crippen LogP) is 2.29. The van der Waals surface area contributed by atoms with E-state index >= 15 is 0 Å². The fourth-order valence-corrected chi connectivity index (χ4v) is 1.07. The van der Waals surface area contributed by atoms with Crippen molar-refractivity contribution in [2.75, 3.05) is 0 Å². The smallest absolute Gasteiger partial charge is 0.267 e. The van der Waals surface area contributed by atoms with Crippen LogP contribution in [0.2, 0.25) is 0 Å². The Morgan fingerprint density at radius 1 is 1.00 bits per heavy atom. The van der Waals surface area contributed by atoms with Gasteiger partial charge in [-0.15, -0.1) is 0 Å². The molecule has 13 heavy (non-hydrogen) atoms. The molecule has 0 aliphatic carbocycles. The van der Waals surface area contributed by atoms with Gasteiger partial charge in [0.15, 0.2) is 5.82 Å². The van der Waals surface area contributed by atoms with Crippen molar-refractivity contribution in [1.82, 2.24) is 9.97 Å². The maximum Gasteiger partial charge on any atom is 0.273 e. The molecule has 0 saturated heterocycles. The SMILES string of the molecule is [O]c1ccnc(-c2ccccc2)n1. The molecule has 0 aliphatic rings. The molecule has 0 atom stereocenters. The van der Waals surface area contributed by atoms with Crippen LogP contribution in [0.3, 0.4) is 0 Å². The number of hydrogen-bond acceptors (Lipinski definition) is 2. The Morgan fingerprint density at radius 3 is 2.46 bits per heavy atom. The third kappa shape index (κ3) is 1.64. The Kier molecular flexibility index (Phi) is 1.92. The van der Waals surface area contributed by atoms with Gasteiger partial charge in [0.05, 0.1) is 0 Å². The first kappa shape index (κ1) is 7.73. The summed E-state index contributed by atoms with van der Waals surface area (Å²) in [6.07, 6.45) is 1.47. The largest absolute Gasteiger partial charge is 0.273 e. The van der Waals surface area contributed by atoms with E-state index in [9.17, 15) is 5.11 Å². The molecule has 1 heterocycles. The first-order valence-electron chi connectivity index (χ1n) is 3.92. The minimum absolute atomic E-state index is 0.256. The second-order valence-corrected chi connectivity index (χ2v) is 2.58. The molecule has 2 rings (SSSR count).